The fraction of sp³-hybridized carbons (Fsp3) is 0.0714. The zero-order valence-electron chi connectivity index (χ0n) is 18.4. The number of imide groups is 1. The van der Waals surface area contributed by atoms with Crippen molar-refractivity contribution in [3.8, 4) is 5.75 Å². The average Bonchev–Trinajstić information content (AvgIpc) is 3.51. The molecule has 3 heterocycles. The lowest BCUT2D eigenvalue weighted by molar-refractivity contribution is -0.122. The van der Waals surface area contributed by atoms with Gasteiger partial charge in [0.25, 0.3) is 11.8 Å². The van der Waals surface area contributed by atoms with Crippen LogP contribution in [-0.2, 0) is 23.2 Å². The first-order valence-corrected chi connectivity index (χ1v) is 10.9. The van der Waals surface area contributed by atoms with Gasteiger partial charge in [0.05, 0.1) is 22.9 Å². The molecule has 0 radical (unpaired) electrons. The second-order valence-electron chi connectivity index (χ2n) is 8.26. The van der Waals surface area contributed by atoms with E-state index in [2.05, 4.69) is 5.32 Å². The van der Waals surface area contributed by atoms with Gasteiger partial charge >= 0.3 is 0 Å². The molecule has 3 aromatic carbocycles. The molecule has 0 aliphatic carbocycles. The van der Waals surface area contributed by atoms with Gasteiger partial charge in [-0.3, -0.25) is 14.9 Å². The summed E-state index contributed by atoms with van der Waals surface area (Å²) in [6.45, 7) is 0.425. The van der Waals surface area contributed by atoms with Crippen LogP contribution in [0.25, 0.3) is 33.0 Å². The van der Waals surface area contributed by atoms with Gasteiger partial charge < -0.3 is 13.7 Å². The summed E-state index contributed by atoms with van der Waals surface area (Å²) < 4.78 is 13.7. The van der Waals surface area contributed by atoms with Gasteiger partial charge in [-0.25, -0.2) is 0 Å². The Bertz CT molecular complexity index is 1620. The molecule has 2 aromatic heterocycles. The number of carbonyl (C=O) groups excluding carboxylic acids is 2. The molecule has 0 fully saturated rings. The van der Waals surface area contributed by atoms with Crippen LogP contribution in [0.5, 0.6) is 5.75 Å². The zero-order valence-corrected chi connectivity index (χ0v) is 18.4. The van der Waals surface area contributed by atoms with Crippen molar-refractivity contribution in [1.29, 1.82) is 0 Å². The van der Waals surface area contributed by atoms with E-state index in [1.54, 1.807) is 0 Å². The quantitative estimate of drug-likeness (QED) is 0.381. The third-order valence-electron chi connectivity index (χ3n) is 6.15. The Balaban J connectivity index is 1.51. The molecule has 0 saturated heterocycles. The summed E-state index contributed by atoms with van der Waals surface area (Å²) in [4.78, 5) is 25.9. The molecule has 1 N–H and O–H groups in total. The van der Waals surface area contributed by atoms with Crippen molar-refractivity contribution >= 4 is 44.8 Å². The molecule has 34 heavy (non-hydrogen) atoms. The highest BCUT2D eigenvalue weighted by atomic mass is 16.5. The van der Waals surface area contributed by atoms with E-state index >= 15 is 0 Å². The Morgan fingerprint density at radius 1 is 0.824 bits per heavy atom. The van der Waals surface area contributed by atoms with E-state index in [9.17, 15) is 9.59 Å². The lowest BCUT2D eigenvalue weighted by Crippen LogP contribution is -2.22. The van der Waals surface area contributed by atoms with Gasteiger partial charge in [-0.2, -0.15) is 0 Å². The summed E-state index contributed by atoms with van der Waals surface area (Å²) in [6, 6.07) is 23.2. The van der Waals surface area contributed by atoms with Crippen LogP contribution in [0.3, 0.4) is 0 Å². The lowest BCUT2D eigenvalue weighted by Gasteiger charge is -2.09. The number of amides is 2. The molecule has 166 valence electrons. The molecule has 6 nitrogen and oxygen atoms in total. The molecule has 0 saturated carbocycles. The van der Waals surface area contributed by atoms with E-state index in [1.807, 2.05) is 90.6 Å². The van der Waals surface area contributed by atoms with E-state index in [-0.39, 0.29) is 0 Å². The zero-order chi connectivity index (χ0) is 23.2. The van der Waals surface area contributed by atoms with Crippen molar-refractivity contribution in [2.24, 2.45) is 7.05 Å². The number of aryl methyl sites for hydroxylation is 1. The minimum atomic E-state index is -0.431. The smallest absolute Gasteiger partial charge is 0.259 e. The van der Waals surface area contributed by atoms with Crippen molar-refractivity contribution in [1.82, 2.24) is 9.88 Å². The minimum Gasteiger partial charge on any atom is -0.487 e. The van der Waals surface area contributed by atoms with Gasteiger partial charge in [-0.15, -0.1) is 0 Å². The highest BCUT2D eigenvalue weighted by Gasteiger charge is 2.35. The Morgan fingerprint density at radius 3 is 2.35 bits per heavy atom. The number of hydrogen-bond donors (Lipinski definition) is 1. The molecule has 6 heteroatoms. The monoisotopic (exact) mass is 448 g/mol. The molecule has 5 aromatic rings. The minimum absolute atomic E-state index is 0.318. The summed E-state index contributed by atoms with van der Waals surface area (Å²) in [6.07, 6.45) is 3.41. The highest BCUT2D eigenvalue weighted by molar-refractivity contribution is 6.50. The van der Waals surface area contributed by atoms with Gasteiger partial charge in [-0.1, -0.05) is 60.7 Å². The fourth-order valence-corrected chi connectivity index (χ4v) is 4.62. The number of furan rings is 1. The molecule has 0 spiro atoms. The number of fused-ring (bicyclic) bond motifs is 2. The maximum absolute atomic E-state index is 13.0. The van der Waals surface area contributed by atoms with Gasteiger partial charge in [0.2, 0.25) is 0 Å². The van der Waals surface area contributed by atoms with Crippen LogP contribution in [0.4, 0.5) is 0 Å². The average molecular weight is 448 g/mol. The largest absolute Gasteiger partial charge is 0.487 e. The predicted octanol–water partition coefficient (Wildman–Crippen LogP) is 5.07. The van der Waals surface area contributed by atoms with E-state index in [1.165, 1.54) is 6.26 Å². The Kier molecular flexibility index (Phi) is 4.59. The topological polar surface area (TPSA) is 73.5 Å². The molecule has 0 atom stereocenters. The lowest BCUT2D eigenvalue weighted by atomic mass is 9.95. The SMILES string of the molecule is Cn1cc(C2=C(c3coc4ccccc34)C(=O)NC2=O)c2cccc(OCc3ccccc3)c21. The van der Waals surface area contributed by atoms with Gasteiger partial charge in [-0.05, 0) is 17.7 Å². The van der Waals surface area contributed by atoms with Crippen LogP contribution in [0, 0.1) is 0 Å². The van der Waals surface area contributed by atoms with Crippen molar-refractivity contribution in [2.45, 2.75) is 6.61 Å². The second kappa shape index (κ2) is 7.78. The summed E-state index contributed by atoms with van der Waals surface area (Å²) in [5.74, 6) is -0.149. The van der Waals surface area contributed by atoms with Crippen LogP contribution in [-0.4, -0.2) is 16.4 Å². The van der Waals surface area contributed by atoms with Crippen molar-refractivity contribution in [2.75, 3.05) is 0 Å². The number of hydrogen-bond acceptors (Lipinski definition) is 4. The highest BCUT2D eigenvalue weighted by Crippen LogP contribution is 2.40. The van der Waals surface area contributed by atoms with Crippen LogP contribution in [0.1, 0.15) is 16.7 Å². The third-order valence-corrected chi connectivity index (χ3v) is 6.15. The molecule has 6 rings (SSSR count). The molecular weight excluding hydrogens is 428 g/mol. The number of nitrogens with zero attached hydrogens (tertiary/aromatic N) is 1. The number of nitrogens with one attached hydrogen (secondary N) is 1. The first kappa shape index (κ1) is 20.1. The van der Waals surface area contributed by atoms with E-state index in [0.29, 0.717) is 40.2 Å². The van der Waals surface area contributed by atoms with E-state index < -0.39 is 11.8 Å². The van der Waals surface area contributed by atoms with Gasteiger partial charge in [0, 0.05) is 35.1 Å². The van der Waals surface area contributed by atoms with Crippen LogP contribution in [0.2, 0.25) is 0 Å². The summed E-state index contributed by atoms with van der Waals surface area (Å²) >= 11 is 0. The Morgan fingerprint density at radius 2 is 1.53 bits per heavy atom. The van der Waals surface area contributed by atoms with Crippen molar-refractivity contribution < 1.29 is 18.7 Å². The van der Waals surface area contributed by atoms with Crippen LogP contribution < -0.4 is 10.1 Å². The van der Waals surface area contributed by atoms with E-state index in [4.69, 9.17) is 9.15 Å². The Labute approximate surface area is 195 Å². The molecule has 0 unspecified atom stereocenters. The normalized spacial score (nSPS) is 13.8. The molecule has 0 bridgehead atoms. The number of carbonyl (C=O) groups is 2. The molecule has 2 amide bonds. The number of benzene rings is 3. The number of aromatic nitrogens is 1. The number of ether oxygens (including phenoxy) is 1. The second-order valence-corrected chi connectivity index (χ2v) is 8.26. The predicted molar refractivity (Wildman–Crippen MR) is 130 cm³/mol. The molecule has 1 aliphatic heterocycles. The van der Waals surface area contributed by atoms with E-state index in [0.717, 1.165) is 21.9 Å². The van der Waals surface area contributed by atoms with Crippen LogP contribution in [0.15, 0.2) is 89.7 Å². The Hall–Kier alpha value is -4.58. The van der Waals surface area contributed by atoms with Crippen LogP contribution >= 0.6 is 0 Å². The summed E-state index contributed by atoms with van der Waals surface area (Å²) in [7, 11) is 1.91. The van der Waals surface area contributed by atoms with Gasteiger partial charge in [0.1, 0.15) is 17.9 Å². The maximum Gasteiger partial charge on any atom is 0.259 e. The van der Waals surface area contributed by atoms with Crippen molar-refractivity contribution in [3.63, 3.8) is 0 Å². The first-order valence-electron chi connectivity index (χ1n) is 10.9. The first-order chi connectivity index (χ1) is 16.6. The standard InChI is InChI=1S/C28H20N2O4/c1-30-14-20(19-11-7-13-23(26(19)30)33-15-17-8-3-2-4-9-17)24-25(28(32)29-27(24)31)21-16-34-22-12-6-5-10-18(21)22/h2-14,16H,15H2,1H3,(H,29,31,32). The maximum atomic E-state index is 13.0. The number of rotatable bonds is 5. The number of para-hydroxylation sites is 2. The fourth-order valence-electron chi connectivity index (χ4n) is 4.62. The molecule has 1 aliphatic rings. The summed E-state index contributed by atoms with van der Waals surface area (Å²) in [5, 5.41) is 4.09. The van der Waals surface area contributed by atoms with Gasteiger partial charge in [0.15, 0.2) is 0 Å². The van der Waals surface area contributed by atoms with Crippen molar-refractivity contribution in [3.05, 3.63) is 102 Å². The molecular formula is C28H20N2O4. The third kappa shape index (κ3) is 3.11. The summed E-state index contributed by atoms with van der Waals surface area (Å²) in [5.41, 5.74) is 4.50.